The van der Waals surface area contributed by atoms with E-state index in [9.17, 15) is 18.4 Å². The van der Waals surface area contributed by atoms with Crippen LogP contribution in [0.1, 0.15) is 36.0 Å². The number of fused-ring (bicyclic) bond motifs is 1. The lowest BCUT2D eigenvalue weighted by Crippen LogP contribution is -2.42. The Morgan fingerprint density at radius 2 is 1.87 bits per heavy atom. The van der Waals surface area contributed by atoms with Crippen molar-refractivity contribution in [3.05, 3.63) is 48.3 Å². The first-order chi connectivity index (χ1) is 14.9. The number of carbonyl (C=O) groups is 2. The Kier molecular flexibility index (Phi) is 4.68. The van der Waals surface area contributed by atoms with Gasteiger partial charge in [-0.25, -0.2) is 18.4 Å². The van der Waals surface area contributed by atoms with Crippen molar-refractivity contribution in [3.8, 4) is 5.69 Å². The molecule has 2 amide bonds. The lowest BCUT2D eigenvalue weighted by molar-refractivity contribution is -0.117. The molecule has 2 aliphatic rings. The average Bonchev–Trinajstić information content (AvgIpc) is 3.53. The van der Waals surface area contributed by atoms with Gasteiger partial charge in [0.15, 0.2) is 5.65 Å². The predicted molar refractivity (Wildman–Crippen MR) is 110 cm³/mol. The Balaban J connectivity index is 1.37. The van der Waals surface area contributed by atoms with Crippen LogP contribution in [0, 0.1) is 5.92 Å². The number of rotatable bonds is 4. The van der Waals surface area contributed by atoms with Gasteiger partial charge in [0.2, 0.25) is 5.91 Å². The van der Waals surface area contributed by atoms with Crippen molar-refractivity contribution in [3.63, 3.8) is 0 Å². The molecule has 5 rings (SSSR count). The molecule has 31 heavy (non-hydrogen) atoms. The lowest BCUT2D eigenvalue weighted by Gasteiger charge is -2.31. The van der Waals surface area contributed by atoms with Gasteiger partial charge in [0, 0.05) is 49.1 Å². The highest BCUT2D eigenvalue weighted by Crippen LogP contribution is 2.31. The zero-order chi connectivity index (χ0) is 21.6. The summed E-state index contributed by atoms with van der Waals surface area (Å²) in [6, 6.07) is 9.01. The van der Waals surface area contributed by atoms with Crippen LogP contribution < -0.4 is 5.32 Å². The Hall–Kier alpha value is -3.36. The summed E-state index contributed by atoms with van der Waals surface area (Å²) in [7, 11) is 0. The number of carbonyl (C=O) groups excluding carboxylic acids is 2. The number of hydrogen-bond acceptors (Lipinski definition) is 4. The van der Waals surface area contributed by atoms with Crippen molar-refractivity contribution in [2.45, 2.75) is 31.6 Å². The van der Waals surface area contributed by atoms with Crippen molar-refractivity contribution in [2.24, 2.45) is 5.92 Å². The van der Waals surface area contributed by atoms with Gasteiger partial charge in [-0.3, -0.25) is 9.59 Å². The van der Waals surface area contributed by atoms with Crippen LogP contribution >= 0.6 is 0 Å². The van der Waals surface area contributed by atoms with Gasteiger partial charge >= 0.3 is 0 Å². The number of nitrogens with zero attached hydrogens (tertiary/aromatic N) is 4. The first-order valence-electron chi connectivity index (χ1n) is 10.3. The molecule has 1 saturated heterocycles. The smallest absolute Gasteiger partial charge is 0.255 e. The molecule has 0 radical (unpaired) electrons. The van der Waals surface area contributed by atoms with E-state index < -0.39 is 5.92 Å². The number of benzene rings is 1. The number of piperidine rings is 1. The normalized spacial score (nSPS) is 18.2. The van der Waals surface area contributed by atoms with E-state index >= 15 is 0 Å². The van der Waals surface area contributed by atoms with Crippen LogP contribution in [0.3, 0.4) is 0 Å². The first kappa shape index (κ1) is 19.6. The topological polar surface area (TPSA) is 80.1 Å². The molecule has 1 aliphatic heterocycles. The molecule has 1 aromatic carbocycles. The van der Waals surface area contributed by atoms with Crippen molar-refractivity contribution in [1.29, 1.82) is 0 Å². The second-order valence-corrected chi connectivity index (χ2v) is 8.16. The molecular weight excluding hydrogens is 404 g/mol. The third kappa shape index (κ3) is 3.99. The summed E-state index contributed by atoms with van der Waals surface area (Å²) < 4.78 is 28.4. The van der Waals surface area contributed by atoms with E-state index in [0.29, 0.717) is 22.3 Å². The number of pyridine rings is 1. The Labute approximate surface area is 177 Å². The quantitative estimate of drug-likeness (QED) is 0.692. The number of amides is 2. The molecule has 0 atom stereocenters. The van der Waals surface area contributed by atoms with Crippen molar-refractivity contribution in [2.75, 3.05) is 18.4 Å². The van der Waals surface area contributed by atoms with E-state index in [1.165, 1.54) is 11.1 Å². The minimum atomic E-state index is -2.70. The van der Waals surface area contributed by atoms with Gasteiger partial charge in [0.25, 0.3) is 11.8 Å². The molecule has 0 spiro atoms. The number of nitrogens with one attached hydrogen (secondary N) is 1. The molecule has 160 valence electrons. The number of alkyl halides is 2. The maximum atomic E-state index is 13.4. The highest BCUT2D eigenvalue weighted by Gasteiger charge is 2.36. The Morgan fingerprint density at radius 3 is 2.61 bits per heavy atom. The minimum Gasteiger partial charge on any atom is -0.338 e. The molecule has 1 aliphatic carbocycles. The summed E-state index contributed by atoms with van der Waals surface area (Å²) in [6.07, 6.45) is 4.29. The molecule has 0 bridgehead atoms. The van der Waals surface area contributed by atoms with Gasteiger partial charge in [0.1, 0.15) is 0 Å². The summed E-state index contributed by atoms with van der Waals surface area (Å²) in [5, 5.41) is 7.97. The molecule has 7 nitrogen and oxygen atoms in total. The number of likely N-dealkylation sites (tertiary alicyclic amines) is 1. The van der Waals surface area contributed by atoms with Gasteiger partial charge in [-0.2, -0.15) is 5.10 Å². The molecule has 3 aromatic rings. The second kappa shape index (κ2) is 7.40. The Morgan fingerprint density at radius 1 is 1.10 bits per heavy atom. The summed E-state index contributed by atoms with van der Waals surface area (Å²) in [6.45, 7) is 0.0605. The Bertz CT molecular complexity index is 1160. The van der Waals surface area contributed by atoms with Crippen LogP contribution in [0.25, 0.3) is 16.7 Å². The fourth-order valence-electron chi connectivity index (χ4n) is 3.75. The maximum Gasteiger partial charge on any atom is 0.255 e. The molecular formula is C22H21F2N5O2. The fourth-order valence-corrected chi connectivity index (χ4v) is 3.75. The molecule has 0 unspecified atom stereocenters. The molecule has 1 N–H and O–H groups in total. The van der Waals surface area contributed by atoms with Crippen LogP contribution in [-0.4, -0.2) is 50.5 Å². The summed E-state index contributed by atoms with van der Waals surface area (Å²) >= 11 is 0. The van der Waals surface area contributed by atoms with Gasteiger partial charge < -0.3 is 10.2 Å². The predicted octanol–water partition coefficient (Wildman–Crippen LogP) is 3.64. The van der Waals surface area contributed by atoms with Crippen LogP contribution in [0.5, 0.6) is 0 Å². The van der Waals surface area contributed by atoms with E-state index in [0.717, 1.165) is 18.5 Å². The van der Waals surface area contributed by atoms with Crippen molar-refractivity contribution < 1.29 is 18.4 Å². The molecule has 1 saturated carbocycles. The second-order valence-electron chi connectivity index (χ2n) is 8.16. The van der Waals surface area contributed by atoms with Gasteiger partial charge in [-0.1, -0.05) is 6.07 Å². The number of aromatic nitrogens is 3. The van der Waals surface area contributed by atoms with Crippen LogP contribution in [0.4, 0.5) is 14.5 Å². The first-order valence-corrected chi connectivity index (χ1v) is 10.3. The highest BCUT2D eigenvalue weighted by atomic mass is 19.3. The molecule has 2 fully saturated rings. The van der Waals surface area contributed by atoms with E-state index in [2.05, 4.69) is 15.4 Å². The summed E-state index contributed by atoms with van der Waals surface area (Å²) in [5.41, 5.74) is 2.33. The summed E-state index contributed by atoms with van der Waals surface area (Å²) in [4.78, 5) is 30.6. The van der Waals surface area contributed by atoms with E-state index in [1.54, 1.807) is 16.9 Å². The van der Waals surface area contributed by atoms with E-state index in [1.807, 2.05) is 24.3 Å². The third-order valence-electron chi connectivity index (χ3n) is 5.74. The minimum absolute atomic E-state index is 0.0271. The summed E-state index contributed by atoms with van der Waals surface area (Å²) in [5.74, 6) is -2.87. The molecule has 9 heteroatoms. The third-order valence-corrected chi connectivity index (χ3v) is 5.74. The highest BCUT2D eigenvalue weighted by molar-refractivity contribution is 5.97. The van der Waals surface area contributed by atoms with Gasteiger partial charge in [-0.05, 0) is 37.1 Å². The van der Waals surface area contributed by atoms with Crippen molar-refractivity contribution >= 4 is 28.5 Å². The fraction of sp³-hybridized carbons (Fsp3) is 0.364. The number of hydrogen-bond donors (Lipinski definition) is 1. The zero-order valence-corrected chi connectivity index (χ0v) is 16.7. The zero-order valence-electron chi connectivity index (χ0n) is 16.7. The SMILES string of the molecule is O=C(Nc1cccc(-n2ncc3cc(C(=O)N4CCC(F)(F)CC4)cnc32)c1)C1CC1. The van der Waals surface area contributed by atoms with Gasteiger partial charge in [-0.15, -0.1) is 0 Å². The largest absolute Gasteiger partial charge is 0.338 e. The van der Waals surface area contributed by atoms with Crippen LogP contribution in [0.2, 0.25) is 0 Å². The number of halogens is 2. The van der Waals surface area contributed by atoms with E-state index in [-0.39, 0.29) is 43.7 Å². The average molecular weight is 425 g/mol. The van der Waals surface area contributed by atoms with Crippen LogP contribution in [0.15, 0.2) is 42.7 Å². The van der Waals surface area contributed by atoms with Crippen molar-refractivity contribution in [1.82, 2.24) is 19.7 Å². The molecule has 3 heterocycles. The number of anilines is 1. The van der Waals surface area contributed by atoms with E-state index in [4.69, 9.17) is 0 Å². The standard InChI is InChI=1S/C22H21F2N5O2/c23-22(24)6-8-28(9-7-22)21(31)16-10-15-13-26-29(19(15)25-12-16)18-3-1-2-17(11-18)27-20(30)14-4-5-14/h1-3,10-14H,4-9H2,(H,27,30). The monoisotopic (exact) mass is 425 g/mol. The van der Waals surface area contributed by atoms with Crippen LogP contribution in [-0.2, 0) is 4.79 Å². The van der Waals surface area contributed by atoms with Gasteiger partial charge in [0.05, 0.1) is 17.4 Å². The molecule has 2 aromatic heterocycles. The maximum absolute atomic E-state index is 13.4. The lowest BCUT2D eigenvalue weighted by atomic mass is 10.1.